The number of pyridine rings is 1. The first-order valence-electron chi connectivity index (χ1n) is 5.92. The number of carbonyl (C=O) groups is 1. The van der Waals surface area contributed by atoms with Crippen LogP contribution in [0.25, 0.3) is 10.9 Å². The zero-order valence-electron chi connectivity index (χ0n) is 11.1. The Morgan fingerprint density at radius 2 is 2.00 bits per heavy atom. The maximum atomic E-state index is 12.1. The van der Waals surface area contributed by atoms with Crippen LogP contribution in [-0.2, 0) is 11.3 Å². The van der Waals surface area contributed by atoms with Gasteiger partial charge in [-0.05, 0) is 25.1 Å². The molecule has 0 aliphatic carbocycles. The van der Waals surface area contributed by atoms with Crippen LogP contribution in [0.5, 0.6) is 5.75 Å². The second-order valence-corrected chi connectivity index (χ2v) is 4.01. The summed E-state index contributed by atoms with van der Waals surface area (Å²) < 4.78 is 11.6. The Hall–Kier alpha value is -2.30. The van der Waals surface area contributed by atoms with Crippen LogP contribution in [0, 0.1) is 0 Å². The first-order valence-corrected chi connectivity index (χ1v) is 5.92. The second-order valence-electron chi connectivity index (χ2n) is 4.01. The maximum absolute atomic E-state index is 12.1. The van der Waals surface area contributed by atoms with Gasteiger partial charge in [0.2, 0.25) is 0 Å². The zero-order valence-corrected chi connectivity index (χ0v) is 11.1. The lowest BCUT2D eigenvalue weighted by molar-refractivity contribution is 0.0588. The number of aromatic nitrogens is 1. The molecule has 0 N–H and O–H groups in total. The molecule has 0 atom stereocenters. The van der Waals surface area contributed by atoms with Gasteiger partial charge in [-0.25, -0.2) is 4.79 Å². The fourth-order valence-electron chi connectivity index (χ4n) is 2.10. The minimum absolute atomic E-state index is 0.223. The van der Waals surface area contributed by atoms with Gasteiger partial charge in [0.25, 0.3) is 0 Å². The van der Waals surface area contributed by atoms with E-state index in [1.807, 2.05) is 6.92 Å². The average molecular weight is 261 g/mol. The molecule has 0 saturated carbocycles. The summed E-state index contributed by atoms with van der Waals surface area (Å²) in [4.78, 5) is 23.8. The Morgan fingerprint density at radius 3 is 2.58 bits per heavy atom. The van der Waals surface area contributed by atoms with Gasteiger partial charge in [0, 0.05) is 18.0 Å². The Balaban J connectivity index is 2.83. The molecule has 0 aliphatic rings. The molecule has 5 heteroatoms. The lowest BCUT2D eigenvalue weighted by atomic mass is 10.1. The van der Waals surface area contributed by atoms with Crippen molar-refractivity contribution in [2.75, 3.05) is 14.2 Å². The van der Waals surface area contributed by atoms with E-state index < -0.39 is 5.97 Å². The van der Waals surface area contributed by atoms with Gasteiger partial charge in [-0.1, -0.05) is 0 Å². The molecular formula is C14H15NO4. The van der Waals surface area contributed by atoms with E-state index in [9.17, 15) is 9.59 Å². The number of carbonyl (C=O) groups excluding carboxylic acids is 1. The Kier molecular flexibility index (Phi) is 3.55. The molecule has 0 radical (unpaired) electrons. The zero-order chi connectivity index (χ0) is 14.0. The highest BCUT2D eigenvalue weighted by Crippen LogP contribution is 2.19. The molecule has 0 unspecified atom stereocenters. The van der Waals surface area contributed by atoms with Crippen molar-refractivity contribution in [3.8, 4) is 5.75 Å². The van der Waals surface area contributed by atoms with Crippen molar-refractivity contribution in [2.24, 2.45) is 0 Å². The number of aryl methyl sites for hydroxylation is 1. The lowest BCUT2D eigenvalue weighted by Crippen LogP contribution is -2.18. The molecule has 0 fully saturated rings. The SMILES string of the molecule is CCn1c(C(=O)OC)cc(=O)c2cc(OC)ccc21. The minimum atomic E-state index is -0.517. The average Bonchev–Trinajstić information content (AvgIpc) is 2.45. The van der Waals surface area contributed by atoms with Gasteiger partial charge >= 0.3 is 5.97 Å². The Morgan fingerprint density at radius 1 is 1.26 bits per heavy atom. The summed E-state index contributed by atoms with van der Waals surface area (Å²) in [6, 6.07) is 6.50. The van der Waals surface area contributed by atoms with E-state index in [0.717, 1.165) is 0 Å². The van der Waals surface area contributed by atoms with Gasteiger partial charge in [0.1, 0.15) is 11.4 Å². The monoisotopic (exact) mass is 261 g/mol. The fourth-order valence-corrected chi connectivity index (χ4v) is 2.10. The molecule has 5 nitrogen and oxygen atoms in total. The van der Waals surface area contributed by atoms with E-state index in [4.69, 9.17) is 9.47 Å². The van der Waals surface area contributed by atoms with E-state index in [2.05, 4.69) is 0 Å². The smallest absolute Gasteiger partial charge is 0.354 e. The van der Waals surface area contributed by atoms with Crippen LogP contribution in [0.1, 0.15) is 17.4 Å². The summed E-state index contributed by atoms with van der Waals surface area (Å²) in [7, 11) is 2.84. The van der Waals surface area contributed by atoms with Gasteiger partial charge in [0.05, 0.1) is 19.7 Å². The third-order valence-electron chi connectivity index (χ3n) is 3.03. The predicted octanol–water partition coefficient (Wildman–Crippen LogP) is 1.82. The largest absolute Gasteiger partial charge is 0.497 e. The molecule has 0 aliphatic heterocycles. The molecule has 2 aromatic rings. The highest BCUT2D eigenvalue weighted by atomic mass is 16.5. The molecule has 1 aromatic carbocycles. The number of methoxy groups -OCH3 is 2. The standard InChI is InChI=1S/C14H15NO4/c1-4-15-11-6-5-9(18-2)7-10(11)13(16)8-12(15)14(17)19-3/h5-8H,4H2,1-3H3. The molecule has 0 amide bonds. The van der Waals surface area contributed by atoms with Crippen LogP contribution < -0.4 is 10.2 Å². The van der Waals surface area contributed by atoms with E-state index >= 15 is 0 Å². The van der Waals surface area contributed by atoms with E-state index in [0.29, 0.717) is 23.2 Å². The number of hydrogen-bond acceptors (Lipinski definition) is 4. The van der Waals surface area contributed by atoms with Crippen molar-refractivity contribution < 1.29 is 14.3 Å². The van der Waals surface area contributed by atoms with Crippen molar-refractivity contribution in [3.63, 3.8) is 0 Å². The van der Waals surface area contributed by atoms with Crippen LogP contribution in [0.4, 0.5) is 0 Å². The molecule has 1 heterocycles. The van der Waals surface area contributed by atoms with Gasteiger partial charge in [-0.3, -0.25) is 4.79 Å². The molecule has 0 spiro atoms. The van der Waals surface area contributed by atoms with Crippen molar-refractivity contribution in [3.05, 3.63) is 40.2 Å². The van der Waals surface area contributed by atoms with Crippen LogP contribution in [0.3, 0.4) is 0 Å². The van der Waals surface area contributed by atoms with Crippen molar-refractivity contribution in [2.45, 2.75) is 13.5 Å². The predicted molar refractivity (Wildman–Crippen MR) is 71.8 cm³/mol. The topological polar surface area (TPSA) is 57.5 Å². The van der Waals surface area contributed by atoms with Crippen LogP contribution >= 0.6 is 0 Å². The molecular weight excluding hydrogens is 246 g/mol. The highest BCUT2D eigenvalue weighted by molar-refractivity contribution is 5.92. The van der Waals surface area contributed by atoms with Crippen LogP contribution in [-0.4, -0.2) is 24.8 Å². The number of nitrogens with zero attached hydrogens (tertiary/aromatic N) is 1. The van der Waals surface area contributed by atoms with Gasteiger partial charge < -0.3 is 14.0 Å². The number of benzene rings is 1. The summed E-state index contributed by atoms with van der Waals surface area (Å²) in [6.45, 7) is 2.47. The number of esters is 1. The van der Waals surface area contributed by atoms with Crippen molar-refractivity contribution in [1.82, 2.24) is 4.57 Å². The normalized spacial score (nSPS) is 10.5. The Labute approximate surface area is 110 Å². The van der Waals surface area contributed by atoms with Crippen molar-refractivity contribution >= 4 is 16.9 Å². The van der Waals surface area contributed by atoms with Crippen molar-refractivity contribution in [1.29, 1.82) is 0 Å². The number of hydrogen-bond donors (Lipinski definition) is 0. The maximum Gasteiger partial charge on any atom is 0.354 e. The summed E-state index contributed by atoms with van der Waals surface area (Å²) in [6.07, 6.45) is 0. The summed E-state index contributed by atoms with van der Waals surface area (Å²) in [5, 5.41) is 0.522. The minimum Gasteiger partial charge on any atom is -0.497 e. The van der Waals surface area contributed by atoms with Gasteiger partial charge in [0.15, 0.2) is 5.43 Å². The molecule has 1 aromatic heterocycles. The summed E-state index contributed by atoms with van der Waals surface area (Å²) in [5.41, 5.74) is 0.725. The molecule has 0 bridgehead atoms. The van der Waals surface area contributed by atoms with Gasteiger partial charge in [-0.15, -0.1) is 0 Å². The number of fused-ring (bicyclic) bond motifs is 1. The van der Waals surface area contributed by atoms with Crippen LogP contribution in [0.15, 0.2) is 29.1 Å². The first-order chi connectivity index (χ1) is 9.12. The fraction of sp³-hybridized carbons (Fsp3) is 0.286. The van der Waals surface area contributed by atoms with Gasteiger partial charge in [-0.2, -0.15) is 0 Å². The number of rotatable bonds is 3. The summed E-state index contributed by atoms with van der Waals surface area (Å²) >= 11 is 0. The molecule has 0 saturated heterocycles. The van der Waals surface area contributed by atoms with E-state index in [1.165, 1.54) is 13.2 Å². The first kappa shape index (κ1) is 13.1. The molecule has 100 valence electrons. The quantitative estimate of drug-likeness (QED) is 0.791. The van der Waals surface area contributed by atoms with E-state index in [-0.39, 0.29) is 11.1 Å². The highest BCUT2D eigenvalue weighted by Gasteiger charge is 2.15. The summed E-state index contributed by atoms with van der Waals surface area (Å²) in [5.74, 6) is 0.0924. The lowest BCUT2D eigenvalue weighted by Gasteiger charge is -2.14. The van der Waals surface area contributed by atoms with Crippen LogP contribution in [0.2, 0.25) is 0 Å². The molecule has 2 rings (SSSR count). The third-order valence-corrected chi connectivity index (χ3v) is 3.03. The Bertz CT molecular complexity index is 688. The second kappa shape index (κ2) is 5.14. The third kappa shape index (κ3) is 2.19. The number of ether oxygens (including phenoxy) is 2. The molecule has 19 heavy (non-hydrogen) atoms. The van der Waals surface area contributed by atoms with E-state index in [1.54, 1.807) is 29.9 Å².